The number of hydrogen-bond donors (Lipinski definition) is 2. The molecule has 5 nitrogen and oxygen atoms in total. The van der Waals surface area contributed by atoms with Gasteiger partial charge in [0.05, 0.1) is 17.6 Å². The van der Waals surface area contributed by atoms with Gasteiger partial charge in [0, 0.05) is 15.8 Å². The Bertz CT molecular complexity index is 987. The molecule has 0 spiro atoms. The Hall–Kier alpha value is -2.64. The molecule has 27 heavy (non-hydrogen) atoms. The molecule has 2 amide bonds. The van der Waals surface area contributed by atoms with Crippen molar-refractivity contribution in [3.8, 4) is 5.75 Å². The number of carbonyl (C=O) groups is 2. The summed E-state index contributed by atoms with van der Waals surface area (Å²) in [5, 5.41) is 7.52. The molecule has 7 heteroatoms. The third-order valence-corrected chi connectivity index (χ3v) is 5.14. The van der Waals surface area contributed by atoms with Gasteiger partial charge in [-0.2, -0.15) is 0 Å². The second-order valence-corrected chi connectivity index (χ2v) is 7.63. The highest BCUT2D eigenvalue weighted by atomic mass is 79.9. The zero-order valence-corrected chi connectivity index (χ0v) is 17.1. The quantitative estimate of drug-likeness (QED) is 0.558. The van der Waals surface area contributed by atoms with Gasteiger partial charge in [-0.05, 0) is 54.3 Å². The maximum Gasteiger partial charge on any atom is 0.265 e. The maximum atomic E-state index is 12.7. The first-order valence-corrected chi connectivity index (χ1v) is 9.75. The van der Waals surface area contributed by atoms with Crippen molar-refractivity contribution >= 4 is 50.5 Å². The monoisotopic (exact) mass is 444 g/mol. The predicted molar refractivity (Wildman–Crippen MR) is 112 cm³/mol. The van der Waals surface area contributed by atoms with Gasteiger partial charge in [0.1, 0.15) is 5.75 Å². The Morgan fingerprint density at radius 2 is 1.70 bits per heavy atom. The number of benzene rings is 2. The summed E-state index contributed by atoms with van der Waals surface area (Å²) < 4.78 is 6.16. The highest BCUT2D eigenvalue weighted by molar-refractivity contribution is 9.10. The van der Waals surface area contributed by atoms with Crippen LogP contribution in [0.5, 0.6) is 5.75 Å². The Morgan fingerprint density at radius 3 is 2.33 bits per heavy atom. The smallest absolute Gasteiger partial charge is 0.265 e. The minimum atomic E-state index is -0.294. The van der Waals surface area contributed by atoms with E-state index in [1.54, 1.807) is 36.4 Å². The van der Waals surface area contributed by atoms with Crippen LogP contribution < -0.4 is 15.4 Å². The average molecular weight is 445 g/mol. The third-order valence-electron chi connectivity index (χ3n) is 3.81. The Balaban J connectivity index is 1.78. The van der Waals surface area contributed by atoms with Crippen LogP contribution in [0.3, 0.4) is 0 Å². The summed E-state index contributed by atoms with van der Waals surface area (Å²) in [6.45, 7) is 1.88. The second-order valence-electron chi connectivity index (χ2n) is 5.77. The number of aryl methyl sites for hydroxylation is 1. The van der Waals surface area contributed by atoms with Crippen molar-refractivity contribution in [2.75, 3.05) is 17.7 Å². The van der Waals surface area contributed by atoms with E-state index >= 15 is 0 Å². The van der Waals surface area contributed by atoms with E-state index in [-0.39, 0.29) is 11.8 Å². The molecule has 0 aliphatic heterocycles. The van der Waals surface area contributed by atoms with Crippen LogP contribution in [0.4, 0.5) is 11.4 Å². The van der Waals surface area contributed by atoms with Crippen molar-refractivity contribution in [1.29, 1.82) is 0 Å². The van der Waals surface area contributed by atoms with Crippen LogP contribution in [0.1, 0.15) is 25.6 Å². The molecule has 2 N–H and O–H groups in total. The molecule has 0 radical (unpaired) electrons. The van der Waals surface area contributed by atoms with Crippen molar-refractivity contribution in [2.45, 2.75) is 6.92 Å². The predicted octanol–water partition coefficient (Wildman–Crippen LogP) is 5.33. The number of thiophene rings is 1. The van der Waals surface area contributed by atoms with Gasteiger partial charge in [0.15, 0.2) is 0 Å². The fourth-order valence-electron chi connectivity index (χ4n) is 2.64. The van der Waals surface area contributed by atoms with Gasteiger partial charge in [-0.3, -0.25) is 9.59 Å². The van der Waals surface area contributed by atoms with E-state index in [2.05, 4.69) is 26.6 Å². The number of hydrogen-bond acceptors (Lipinski definition) is 4. The zero-order chi connectivity index (χ0) is 19.4. The summed E-state index contributed by atoms with van der Waals surface area (Å²) in [5.74, 6) is 0.0496. The van der Waals surface area contributed by atoms with Crippen LogP contribution in [0, 0.1) is 6.92 Å². The van der Waals surface area contributed by atoms with Crippen LogP contribution in [0.2, 0.25) is 0 Å². The molecule has 0 atom stereocenters. The van der Waals surface area contributed by atoms with Crippen LogP contribution in [0.25, 0.3) is 0 Å². The molecule has 3 rings (SSSR count). The molecule has 0 saturated heterocycles. The van der Waals surface area contributed by atoms with Gasteiger partial charge in [-0.15, -0.1) is 11.3 Å². The van der Waals surface area contributed by atoms with Crippen molar-refractivity contribution in [3.05, 3.63) is 74.4 Å². The average Bonchev–Trinajstić information content (AvgIpc) is 3.16. The number of amides is 2. The van der Waals surface area contributed by atoms with E-state index in [9.17, 15) is 9.59 Å². The van der Waals surface area contributed by atoms with Crippen molar-refractivity contribution in [2.24, 2.45) is 0 Å². The molecule has 0 fully saturated rings. The van der Waals surface area contributed by atoms with E-state index in [1.165, 1.54) is 18.4 Å². The number of nitrogens with one attached hydrogen (secondary N) is 2. The summed E-state index contributed by atoms with van der Waals surface area (Å²) in [6.07, 6.45) is 0. The van der Waals surface area contributed by atoms with E-state index in [1.807, 2.05) is 24.4 Å². The lowest BCUT2D eigenvalue weighted by atomic mass is 10.1. The minimum Gasteiger partial charge on any atom is -0.496 e. The zero-order valence-electron chi connectivity index (χ0n) is 14.7. The first kappa shape index (κ1) is 19.1. The molecule has 1 heterocycles. The number of ether oxygens (including phenoxy) is 1. The normalized spacial score (nSPS) is 10.3. The first-order valence-electron chi connectivity index (χ1n) is 8.08. The van der Waals surface area contributed by atoms with E-state index < -0.39 is 0 Å². The van der Waals surface area contributed by atoms with E-state index in [4.69, 9.17) is 4.74 Å². The number of carbonyl (C=O) groups excluding carboxylic acids is 2. The minimum absolute atomic E-state index is 0.183. The standard InChI is InChI=1S/C20H17BrN2O3S/c1-12-9-13(21)10-16(18(12)26-2)19(24)22-14-5-3-6-15(11-14)23-20(25)17-7-4-8-27-17/h3-11H,1-2H3,(H,22,24)(H,23,25). The van der Waals surface area contributed by atoms with Gasteiger partial charge in [0.2, 0.25) is 0 Å². The van der Waals surface area contributed by atoms with Gasteiger partial charge in [-0.25, -0.2) is 0 Å². The molecule has 0 bridgehead atoms. The number of anilines is 2. The lowest BCUT2D eigenvalue weighted by Gasteiger charge is -2.13. The molecular formula is C20H17BrN2O3S. The topological polar surface area (TPSA) is 67.4 Å². The van der Waals surface area contributed by atoms with E-state index in [0.717, 1.165) is 10.0 Å². The Morgan fingerprint density at radius 1 is 1.00 bits per heavy atom. The summed E-state index contributed by atoms with van der Waals surface area (Å²) in [6, 6.07) is 14.2. The third kappa shape index (κ3) is 4.56. The summed E-state index contributed by atoms with van der Waals surface area (Å²) in [4.78, 5) is 25.5. The van der Waals surface area contributed by atoms with Crippen molar-refractivity contribution in [3.63, 3.8) is 0 Å². The molecule has 0 unspecified atom stereocenters. The molecule has 138 valence electrons. The van der Waals surface area contributed by atoms with Crippen molar-refractivity contribution < 1.29 is 14.3 Å². The molecular weight excluding hydrogens is 428 g/mol. The Labute approximate surface area is 169 Å². The maximum absolute atomic E-state index is 12.7. The van der Waals surface area contributed by atoms with Gasteiger partial charge in [0.25, 0.3) is 11.8 Å². The second kappa shape index (κ2) is 8.37. The number of halogens is 1. The first-order chi connectivity index (χ1) is 13.0. The molecule has 1 aromatic heterocycles. The Kier molecular flexibility index (Phi) is 5.93. The fourth-order valence-corrected chi connectivity index (χ4v) is 3.83. The van der Waals surface area contributed by atoms with Crippen LogP contribution in [-0.4, -0.2) is 18.9 Å². The highest BCUT2D eigenvalue weighted by Gasteiger charge is 2.16. The van der Waals surface area contributed by atoms with Gasteiger partial charge >= 0.3 is 0 Å². The number of rotatable bonds is 5. The highest BCUT2D eigenvalue weighted by Crippen LogP contribution is 2.29. The van der Waals surface area contributed by atoms with Crippen LogP contribution in [0.15, 0.2) is 58.4 Å². The lowest BCUT2D eigenvalue weighted by molar-refractivity contribution is 0.101. The molecule has 0 aliphatic carbocycles. The van der Waals surface area contributed by atoms with E-state index in [0.29, 0.717) is 27.6 Å². The lowest BCUT2D eigenvalue weighted by Crippen LogP contribution is -2.14. The van der Waals surface area contributed by atoms with Gasteiger partial charge < -0.3 is 15.4 Å². The summed E-state index contributed by atoms with van der Waals surface area (Å²) in [5.41, 5.74) is 2.46. The molecule has 2 aromatic carbocycles. The summed E-state index contributed by atoms with van der Waals surface area (Å²) >= 11 is 4.77. The van der Waals surface area contributed by atoms with Gasteiger partial charge in [-0.1, -0.05) is 28.1 Å². The largest absolute Gasteiger partial charge is 0.496 e. The fraction of sp³-hybridized carbons (Fsp3) is 0.100. The van der Waals surface area contributed by atoms with Crippen LogP contribution >= 0.6 is 27.3 Å². The molecule has 0 aliphatic rings. The van der Waals surface area contributed by atoms with Crippen molar-refractivity contribution in [1.82, 2.24) is 0 Å². The SMILES string of the molecule is COc1c(C)cc(Br)cc1C(=O)Nc1cccc(NC(=O)c2cccs2)c1. The summed E-state index contributed by atoms with van der Waals surface area (Å²) in [7, 11) is 1.54. The number of methoxy groups -OCH3 is 1. The molecule has 3 aromatic rings. The molecule has 0 saturated carbocycles. The van der Waals surface area contributed by atoms with Crippen LogP contribution in [-0.2, 0) is 0 Å².